The van der Waals surface area contributed by atoms with Crippen LogP contribution in [0.25, 0.3) is 0 Å². The van der Waals surface area contributed by atoms with Crippen molar-refractivity contribution in [2.45, 2.75) is 23.9 Å². The molecule has 1 fully saturated rings. The van der Waals surface area contributed by atoms with Gasteiger partial charge in [0.1, 0.15) is 5.56 Å². The third-order valence-electron chi connectivity index (χ3n) is 2.94. The summed E-state index contributed by atoms with van der Waals surface area (Å²) < 4.78 is 25.7. The van der Waals surface area contributed by atoms with Gasteiger partial charge < -0.3 is 10.2 Å². The minimum absolute atomic E-state index is 0.269. The summed E-state index contributed by atoms with van der Waals surface area (Å²) in [6.45, 7) is -0.0125. The average Bonchev–Trinajstić information content (AvgIpc) is 2.98. The van der Waals surface area contributed by atoms with E-state index in [-0.39, 0.29) is 13.2 Å². The third kappa shape index (κ3) is 2.00. The molecule has 0 spiro atoms. The molecule has 1 aromatic heterocycles. The van der Waals surface area contributed by atoms with Crippen LogP contribution < -0.4 is 0 Å². The molecule has 9 heteroatoms. The van der Waals surface area contributed by atoms with Gasteiger partial charge >= 0.3 is 5.97 Å². The van der Waals surface area contributed by atoms with Crippen molar-refractivity contribution in [1.82, 2.24) is 14.5 Å². The fourth-order valence-electron chi connectivity index (χ4n) is 2.05. The van der Waals surface area contributed by atoms with E-state index < -0.39 is 32.6 Å². The Kier molecular flexibility index (Phi) is 3.37. The van der Waals surface area contributed by atoms with Crippen LogP contribution in [0.5, 0.6) is 0 Å². The van der Waals surface area contributed by atoms with Gasteiger partial charge in [-0.3, -0.25) is 5.10 Å². The van der Waals surface area contributed by atoms with Gasteiger partial charge in [0.15, 0.2) is 5.03 Å². The van der Waals surface area contributed by atoms with Gasteiger partial charge in [0.25, 0.3) is 10.0 Å². The Labute approximate surface area is 103 Å². The van der Waals surface area contributed by atoms with Gasteiger partial charge in [-0.2, -0.15) is 9.40 Å². The van der Waals surface area contributed by atoms with Crippen molar-refractivity contribution in [2.24, 2.45) is 0 Å². The van der Waals surface area contributed by atoms with Crippen LogP contribution in [0.4, 0.5) is 0 Å². The zero-order valence-electron chi connectivity index (χ0n) is 9.40. The molecule has 2 rings (SSSR count). The molecule has 1 saturated heterocycles. The zero-order chi connectivity index (χ0) is 13.3. The zero-order valence-corrected chi connectivity index (χ0v) is 10.2. The van der Waals surface area contributed by atoms with Crippen molar-refractivity contribution in [3.63, 3.8) is 0 Å². The Morgan fingerprint density at radius 1 is 1.61 bits per heavy atom. The Morgan fingerprint density at radius 3 is 2.94 bits per heavy atom. The first kappa shape index (κ1) is 13.0. The quantitative estimate of drug-likeness (QED) is 0.664. The summed E-state index contributed by atoms with van der Waals surface area (Å²) in [4.78, 5) is 10.9. The van der Waals surface area contributed by atoms with E-state index in [9.17, 15) is 13.2 Å². The van der Waals surface area contributed by atoms with E-state index >= 15 is 0 Å². The topological polar surface area (TPSA) is 124 Å². The lowest BCUT2D eigenvalue weighted by molar-refractivity contribution is 0.0692. The third-order valence-corrected chi connectivity index (χ3v) is 4.86. The number of nitrogens with zero attached hydrogens (tertiary/aromatic N) is 2. The van der Waals surface area contributed by atoms with Crippen molar-refractivity contribution < 1.29 is 23.4 Å². The molecule has 0 aliphatic carbocycles. The number of carboxylic acids is 1. The molecule has 0 bridgehead atoms. The Bertz CT molecular complexity index is 552. The lowest BCUT2D eigenvalue weighted by atomic mass is 10.2. The molecule has 3 N–H and O–H groups in total. The average molecular weight is 275 g/mol. The maximum atomic E-state index is 12.3. The number of aliphatic hydroxyl groups is 1. The number of hydrogen-bond donors (Lipinski definition) is 3. The largest absolute Gasteiger partial charge is 0.478 e. The number of nitrogens with one attached hydrogen (secondary N) is 1. The van der Waals surface area contributed by atoms with Crippen LogP contribution in [-0.4, -0.2) is 58.3 Å². The van der Waals surface area contributed by atoms with Gasteiger partial charge in [0.2, 0.25) is 0 Å². The molecule has 1 aliphatic heterocycles. The van der Waals surface area contributed by atoms with Crippen LogP contribution in [0.1, 0.15) is 23.2 Å². The fraction of sp³-hybridized carbons (Fsp3) is 0.556. The second-order valence-corrected chi connectivity index (χ2v) is 5.84. The van der Waals surface area contributed by atoms with Crippen LogP contribution in [0.15, 0.2) is 11.2 Å². The number of H-pyrrole nitrogens is 1. The monoisotopic (exact) mass is 275 g/mol. The molecule has 0 radical (unpaired) electrons. The Morgan fingerprint density at radius 2 is 2.33 bits per heavy atom. The SMILES string of the molecule is O=C(O)c1cn[nH]c1S(=O)(=O)N1CCC[C@@H]1CO. The minimum atomic E-state index is -3.96. The number of rotatable bonds is 4. The molecule has 100 valence electrons. The molecule has 0 aromatic carbocycles. The van der Waals surface area contributed by atoms with Crippen LogP contribution in [0, 0.1) is 0 Å². The first-order valence-corrected chi connectivity index (χ1v) is 6.82. The van der Waals surface area contributed by atoms with E-state index in [1.807, 2.05) is 0 Å². The number of carboxylic acid groups (broad SMARTS) is 1. The first-order chi connectivity index (χ1) is 8.48. The molecule has 1 aromatic rings. The first-order valence-electron chi connectivity index (χ1n) is 5.38. The molecule has 0 saturated carbocycles. The highest BCUT2D eigenvalue weighted by Gasteiger charge is 2.38. The van der Waals surface area contributed by atoms with Crippen molar-refractivity contribution in [2.75, 3.05) is 13.2 Å². The van der Waals surface area contributed by atoms with Crippen LogP contribution in [0.2, 0.25) is 0 Å². The molecule has 1 atom stereocenters. The van der Waals surface area contributed by atoms with Gasteiger partial charge in [-0.15, -0.1) is 0 Å². The Hall–Kier alpha value is -1.45. The van der Waals surface area contributed by atoms with Crippen LogP contribution >= 0.6 is 0 Å². The summed E-state index contributed by atoms with van der Waals surface area (Å²) in [6.07, 6.45) is 2.16. The minimum Gasteiger partial charge on any atom is -0.478 e. The maximum absolute atomic E-state index is 12.3. The summed E-state index contributed by atoms with van der Waals surface area (Å²) >= 11 is 0. The van der Waals surface area contributed by atoms with E-state index in [1.165, 1.54) is 0 Å². The van der Waals surface area contributed by atoms with Crippen LogP contribution in [0.3, 0.4) is 0 Å². The number of aromatic carboxylic acids is 1. The number of aromatic amines is 1. The van der Waals surface area contributed by atoms with Gasteiger partial charge in [-0.25, -0.2) is 13.2 Å². The summed E-state index contributed by atoms with van der Waals surface area (Å²) in [5.41, 5.74) is -0.390. The van der Waals surface area contributed by atoms with Crippen molar-refractivity contribution in [1.29, 1.82) is 0 Å². The lowest BCUT2D eigenvalue weighted by Crippen LogP contribution is -2.38. The molecule has 0 unspecified atom stereocenters. The second-order valence-electron chi connectivity index (χ2n) is 4.01. The van der Waals surface area contributed by atoms with Gasteiger partial charge in [0, 0.05) is 12.6 Å². The predicted molar refractivity (Wildman–Crippen MR) is 59.5 cm³/mol. The highest BCUT2D eigenvalue weighted by atomic mass is 32.2. The number of aromatic nitrogens is 2. The molecule has 8 nitrogen and oxygen atoms in total. The van der Waals surface area contributed by atoms with E-state index in [0.717, 1.165) is 10.5 Å². The lowest BCUT2D eigenvalue weighted by Gasteiger charge is -2.21. The van der Waals surface area contributed by atoms with E-state index in [4.69, 9.17) is 10.2 Å². The second kappa shape index (κ2) is 4.67. The van der Waals surface area contributed by atoms with Gasteiger partial charge in [0.05, 0.1) is 12.8 Å². The van der Waals surface area contributed by atoms with Crippen LogP contribution in [-0.2, 0) is 10.0 Å². The standard InChI is InChI=1S/C9H13N3O5S/c13-5-6-2-1-3-12(6)18(16,17)8-7(9(14)15)4-10-11-8/h4,6,13H,1-3,5H2,(H,10,11)(H,14,15)/t6-/m1/s1. The van der Waals surface area contributed by atoms with Gasteiger partial charge in [-0.1, -0.05) is 0 Å². The van der Waals surface area contributed by atoms with E-state index in [0.29, 0.717) is 12.8 Å². The summed E-state index contributed by atoms with van der Waals surface area (Å²) in [7, 11) is -3.96. The highest BCUT2D eigenvalue weighted by molar-refractivity contribution is 7.89. The fourth-order valence-corrected chi connectivity index (χ4v) is 3.80. The number of hydrogen-bond acceptors (Lipinski definition) is 5. The number of sulfonamides is 1. The van der Waals surface area contributed by atoms with Crippen molar-refractivity contribution in [3.8, 4) is 0 Å². The Balaban J connectivity index is 2.42. The smallest absolute Gasteiger partial charge is 0.340 e. The normalized spacial score (nSPS) is 21.3. The van der Waals surface area contributed by atoms with Crippen molar-refractivity contribution >= 4 is 16.0 Å². The van der Waals surface area contributed by atoms with E-state index in [2.05, 4.69) is 10.2 Å². The number of aliphatic hydroxyl groups excluding tert-OH is 1. The summed E-state index contributed by atoms with van der Waals surface area (Å²) in [6, 6.07) is -0.500. The summed E-state index contributed by atoms with van der Waals surface area (Å²) in [5.74, 6) is -1.36. The maximum Gasteiger partial charge on any atom is 0.340 e. The number of carbonyl (C=O) groups is 1. The molecule has 2 heterocycles. The molecule has 1 aliphatic rings. The predicted octanol–water partition coefficient (Wildman–Crippen LogP) is -0.747. The molecular weight excluding hydrogens is 262 g/mol. The summed E-state index contributed by atoms with van der Waals surface area (Å²) in [5, 5.41) is 23.2. The molecule has 0 amide bonds. The molecular formula is C9H13N3O5S. The molecule has 18 heavy (non-hydrogen) atoms. The van der Waals surface area contributed by atoms with Gasteiger partial charge in [-0.05, 0) is 12.8 Å². The van der Waals surface area contributed by atoms with E-state index in [1.54, 1.807) is 0 Å². The highest BCUT2D eigenvalue weighted by Crippen LogP contribution is 2.26. The van der Waals surface area contributed by atoms with Crippen molar-refractivity contribution in [3.05, 3.63) is 11.8 Å².